The number of carbonyl (C=O) groups is 2. The van der Waals surface area contributed by atoms with Gasteiger partial charge in [0.05, 0.1) is 17.1 Å². The summed E-state index contributed by atoms with van der Waals surface area (Å²) in [6.45, 7) is 8.26. The maximum atomic E-state index is 13.5. The molecule has 1 atom stereocenters. The van der Waals surface area contributed by atoms with Gasteiger partial charge < -0.3 is 24.5 Å². The van der Waals surface area contributed by atoms with Crippen molar-refractivity contribution in [1.82, 2.24) is 9.88 Å². The van der Waals surface area contributed by atoms with Crippen molar-refractivity contribution in [3.63, 3.8) is 0 Å². The van der Waals surface area contributed by atoms with Gasteiger partial charge in [-0.15, -0.1) is 0 Å². The molecule has 1 amide bonds. The Labute approximate surface area is 230 Å². The first-order chi connectivity index (χ1) is 18.5. The molecule has 39 heavy (non-hydrogen) atoms. The van der Waals surface area contributed by atoms with E-state index >= 15 is 0 Å². The molecule has 1 saturated carbocycles. The maximum Gasteiger partial charge on any atom is 0.410 e. The lowest BCUT2D eigenvalue weighted by Crippen LogP contribution is -2.37. The Balaban J connectivity index is 1.50. The number of nitrogens with one attached hydrogen (secondary N) is 1. The molecule has 0 saturated heterocycles. The first-order valence-electron chi connectivity index (χ1n) is 12.9. The molecule has 204 valence electrons. The van der Waals surface area contributed by atoms with Crippen molar-refractivity contribution in [2.45, 2.75) is 58.6 Å². The van der Waals surface area contributed by atoms with Crippen LogP contribution in [0.1, 0.15) is 72.1 Å². The minimum absolute atomic E-state index is 0.0760. The fourth-order valence-corrected chi connectivity index (χ4v) is 4.96. The van der Waals surface area contributed by atoms with Crippen molar-refractivity contribution >= 4 is 45.9 Å². The molecule has 1 aliphatic heterocycles. The molecule has 0 bridgehead atoms. The van der Waals surface area contributed by atoms with Crippen LogP contribution in [0.4, 0.5) is 10.5 Å². The minimum Gasteiger partial charge on any atom is -0.476 e. The normalized spacial score (nSPS) is 16.9. The number of carboxylic acid groups (broad SMARTS) is 1. The smallest absolute Gasteiger partial charge is 0.410 e. The molecule has 1 aliphatic carbocycles. The van der Waals surface area contributed by atoms with Gasteiger partial charge in [0.1, 0.15) is 22.1 Å². The number of hydrogen-bond donors (Lipinski definition) is 2. The largest absolute Gasteiger partial charge is 0.476 e. The van der Waals surface area contributed by atoms with Gasteiger partial charge in [0, 0.05) is 24.2 Å². The Hall–Kier alpha value is -3.85. The zero-order chi connectivity index (χ0) is 28.1. The Morgan fingerprint density at radius 1 is 1.26 bits per heavy atom. The number of pyridine rings is 1. The average Bonchev–Trinajstić information content (AvgIpc) is 3.63. The Bertz CT molecular complexity index is 1590. The Kier molecular flexibility index (Phi) is 6.88. The molecular weight excluding hydrogens is 522 g/mol. The van der Waals surface area contributed by atoms with Gasteiger partial charge in [-0.3, -0.25) is 4.79 Å². The number of aromatic carboxylic acids is 1. The summed E-state index contributed by atoms with van der Waals surface area (Å²) in [5.41, 5.74) is 2.98. The van der Waals surface area contributed by atoms with Crippen LogP contribution in [0, 0.1) is 13.8 Å². The van der Waals surface area contributed by atoms with Crippen molar-refractivity contribution < 1.29 is 23.8 Å². The van der Waals surface area contributed by atoms with Gasteiger partial charge in [0.2, 0.25) is 0 Å². The lowest BCUT2D eigenvalue weighted by molar-refractivity contribution is 0.0610. The maximum absolute atomic E-state index is 13.5. The van der Waals surface area contributed by atoms with Gasteiger partial charge in [-0.1, -0.05) is 23.7 Å². The Morgan fingerprint density at radius 2 is 2.00 bits per heavy atom. The van der Waals surface area contributed by atoms with Crippen molar-refractivity contribution in [2.75, 3.05) is 18.4 Å². The number of halogens is 1. The second kappa shape index (κ2) is 10.0. The molecule has 1 aromatic carbocycles. The molecule has 0 spiro atoms. The highest BCUT2D eigenvalue weighted by atomic mass is 35.5. The number of amides is 1. The molecule has 5 rings (SSSR count). The van der Waals surface area contributed by atoms with E-state index in [2.05, 4.69) is 10.3 Å². The van der Waals surface area contributed by atoms with E-state index in [0.29, 0.717) is 53.1 Å². The predicted molar refractivity (Wildman–Crippen MR) is 148 cm³/mol. The summed E-state index contributed by atoms with van der Waals surface area (Å²) < 4.78 is 12.0. The molecule has 9 nitrogen and oxygen atoms in total. The number of rotatable bonds is 6. The molecule has 2 aromatic heterocycles. The van der Waals surface area contributed by atoms with E-state index in [1.165, 1.54) is 6.07 Å². The molecular formula is C29H30ClN3O6. The van der Waals surface area contributed by atoms with Crippen molar-refractivity contribution in [3.8, 4) is 0 Å². The van der Waals surface area contributed by atoms with Gasteiger partial charge in [-0.25, -0.2) is 14.6 Å². The van der Waals surface area contributed by atoms with E-state index in [1.54, 1.807) is 24.0 Å². The lowest BCUT2D eigenvalue weighted by atomic mass is 9.97. The predicted octanol–water partition coefficient (Wildman–Crippen LogP) is 6.11. The first-order valence-corrected chi connectivity index (χ1v) is 13.3. The molecule has 2 aliphatic rings. The van der Waals surface area contributed by atoms with E-state index in [-0.39, 0.29) is 28.0 Å². The number of nitrogens with zero attached hydrogens (tertiary/aromatic N) is 2. The number of aryl methyl sites for hydroxylation is 1. The first kappa shape index (κ1) is 26.7. The molecule has 2 N–H and O–H groups in total. The van der Waals surface area contributed by atoms with Crippen molar-refractivity contribution in [2.24, 2.45) is 0 Å². The topological polar surface area (TPSA) is 122 Å². The number of ether oxygens (including phenoxy) is 1. The molecule has 1 fully saturated rings. The number of fused-ring (bicyclic) bond motifs is 1. The molecule has 0 radical (unpaired) electrons. The molecule has 0 unspecified atom stereocenters. The summed E-state index contributed by atoms with van der Waals surface area (Å²) in [6.07, 6.45) is 3.88. The zero-order valence-electron chi connectivity index (χ0n) is 22.3. The summed E-state index contributed by atoms with van der Waals surface area (Å²) in [4.78, 5) is 43.3. The van der Waals surface area contributed by atoms with Gasteiger partial charge in [-0.2, -0.15) is 0 Å². The Morgan fingerprint density at radius 3 is 2.64 bits per heavy atom. The van der Waals surface area contributed by atoms with E-state index in [0.717, 1.165) is 24.0 Å². The van der Waals surface area contributed by atoms with Crippen LogP contribution in [0.25, 0.3) is 16.5 Å². The van der Waals surface area contributed by atoms with Crippen LogP contribution < -0.4 is 10.7 Å². The third-order valence-electron chi connectivity index (χ3n) is 7.34. The average molecular weight is 552 g/mol. The van der Waals surface area contributed by atoms with Crippen LogP contribution in [0.2, 0.25) is 5.15 Å². The SMILES string of the molecule is Cc1cc([C@@H](C)Nc2ccc(Cl)nc2C(=O)O)c2oc(C3=CCN(C(=O)OC4(C)CC4)CC3)c(C)c(=O)c2c1. The number of benzene rings is 1. The number of aromatic nitrogens is 1. The molecule has 3 aromatic rings. The van der Waals surface area contributed by atoms with Gasteiger partial charge >= 0.3 is 12.1 Å². The van der Waals surface area contributed by atoms with E-state index in [1.807, 2.05) is 32.9 Å². The fourth-order valence-electron chi connectivity index (χ4n) is 4.82. The molecule has 3 heterocycles. The highest BCUT2D eigenvalue weighted by molar-refractivity contribution is 6.29. The van der Waals surface area contributed by atoms with Crippen LogP contribution in [0.5, 0.6) is 0 Å². The third kappa shape index (κ3) is 5.36. The van der Waals surface area contributed by atoms with Crippen LogP contribution in [0.3, 0.4) is 0 Å². The number of carbonyl (C=O) groups excluding carboxylic acids is 1. The van der Waals surface area contributed by atoms with Crippen LogP contribution in [-0.4, -0.2) is 45.7 Å². The molecule has 10 heteroatoms. The van der Waals surface area contributed by atoms with Crippen molar-refractivity contribution in [3.05, 3.63) is 73.9 Å². The summed E-state index contributed by atoms with van der Waals surface area (Å²) in [6, 6.07) is 6.36. The monoisotopic (exact) mass is 551 g/mol. The van der Waals surface area contributed by atoms with Crippen molar-refractivity contribution in [1.29, 1.82) is 0 Å². The van der Waals surface area contributed by atoms with Crippen LogP contribution >= 0.6 is 11.6 Å². The standard InChI is InChI=1S/C29H30ClN3O6/c1-15-13-19(17(3)31-21-5-6-22(30)32-23(21)27(35)36)26-20(14-15)24(34)16(2)25(38-26)18-7-11-33(12-8-18)28(37)39-29(4)9-10-29/h5-7,13-14,17,31H,8-12H2,1-4H3,(H,35,36)/t17-/m1/s1. The van der Waals surface area contributed by atoms with E-state index in [4.69, 9.17) is 20.8 Å². The van der Waals surface area contributed by atoms with E-state index < -0.39 is 12.0 Å². The van der Waals surface area contributed by atoms with Gasteiger partial charge in [0.15, 0.2) is 11.1 Å². The highest BCUT2D eigenvalue weighted by Crippen LogP contribution is 2.39. The van der Waals surface area contributed by atoms with Crippen LogP contribution in [-0.2, 0) is 4.74 Å². The highest BCUT2D eigenvalue weighted by Gasteiger charge is 2.42. The summed E-state index contributed by atoms with van der Waals surface area (Å²) in [7, 11) is 0. The quantitative estimate of drug-likeness (QED) is 0.352. The second-order valence-electron chi connectivity index (χ2n) is 10.6. The number of hydrogen-bond acceptors (Lipinski definition) is 7. The van der Waals surface area contributed by atoms with E-state index in [9.17, 15) is 19.5 Å². The van der Waals surface area contributed by atoms with Gasteiger partial charge in [0.25, 0.3) is 0 Å². The summed E-state index contributed by atoms with van der Waals surface area (Å²) >= 11 is 5.91. The minimum atomic E-state index is -1.21. The lowest BCUT2D eigenvalue weighted by Gasteiger charge is -2.27. The second-order valence-corrected chi connectivity index (χ2v) is 10.9. The number of anilines is 1. The van der Waals surface area contributed by atoms with Crippen LogP contribution in [0.15, 0.2) is 39.6 Å². The van der Waals surface area contributed by atoms with Gasteiger partial charge in [-0.05, 0) is 76.3 Å². The number of carboxylic acids is 1. The summed E-state index contributed by atoms with van der Waals surface area (Å²) in [5.74, 6) is -0.717. The third-order valence-corrected chi connectivity index (χ3v) is 7.55. The summed E-state index contributed by atoms with van der Waals surface area (Å²) in [5, 5.41) is 13.3. The fraction of sp³-hybridized carbons (Fsp3) is 0.379. The zero-order valence-corrected chi connectivity index (χ0v) is 23.0.